The molecule has 0 atom stereocenters. The minimum absolute atomic E-state index is 0.420. The van der Waals surface area contributed by atoms with E-state index in [4.69, 9.17) is 5.41 Å². The maximum absolute atomic E-state index is 9.26. The van der Waals surface area contributed by atoms with Crippen molar-refractivity contribution in [3.63, 3.8) is 0 Å². The fraction of sp³-hybridized carbons (Fsp3) is 0.833. The van der Waals surface area contributed by atoms with Gasteiger partial charge in [-0.2, -0.15) is 0 Å². The Bertz CT molecular complexity index is 116. The SMILES string of the molecule is CC(=N)C1(O)CCC1. The van der Waals surface area contributed by atoms with E-state index in [1.54, 1.807) is 6.92 Å². The maximum Gasteiger partial charge on any atom is 0.102 e. The highest BCUT2D eigenvalue weighted by molar-refractivity contribution is 5.88. The predicted octanol–water partition coefficient (Wildman–Crippen LogP) is 0.941. The zero-order chi connectivity index (χ0) is 6.20. The maximum atomic E-state index is 9.26. The number of aliphatic hydroxyl groups is 1. The van der Waals surface area contributed by atoms with Crippen LogP contribution < -0.4 is 0 Å². The van der Waals surface area contributed by atoms with Gasteiger partial charge in [0.05, 0.1) is 0 Å². The van der Waals surface area contributed by atoms with Gasteiger partial charge >= 0.3 is 0 Å². The van der Waals surface area contributed by atoms with Gasteiger partial charge in [0.1, 0.15) is 5.60 Å². The van der Waals surface area contributed by atoms with E-state index in [0.717, 1.165) is 19.3 Å². The van der Waals surface area contributed by atoms with E-state index in [-0.39, 0.29) is 0 Å². The molecule has 1 aliphatic carbocycles. The Kier molecular flexibility index (Phi) is 1.12. The Hall–Kier alpha value is -0.370. The van der Waals surface area contributed by atoms with E-state index in [2.05, 4.69) is 0 Å². The van der Waals surface area contributed by atoms with Gasteiger partial charge in [0.15, 0.2) is 0 Å². The average molecular weight is 113 g/mol. The first kappa shape index (κ1) is 5.76. The molecule has 1 saturated carbocycles. The van der Waals surface area contributed by atoms with Crippen LogP contribution >= 0.6 is 0 Å². The number of rotatable bonds is 1. The smallest absolute Gasteiger partial charge is 0.102 e. The van der Waals surface area contributed by atoms with Crippen LogP contribution in [0.3, 0.4) is 0 Å². The van der Waals surface area contributed by atoms with Crippen molar-refractivity contribution >= 4 is 5.71 Å². The van der Waals surface area contributed by atoms with Crippen LogP contribution in [0.15, 0.2) is 0 Å². The minimum atomic E-state index is -0.694. The lowest BCUT2D eigenvalue weighted by Crippen LogP contribution is -2.43. The Morgan fingerprint density at radius 1 is 1.62 bits per heavy atom. The normalized spacial score (nSPS) is 24.2. The highest BCUT2D eigenvalue weighted by Gasteiger charge is 2.36. The van der Waals surface area contributed by atoms with Gasteiger partial charge < -0.3 is 10.5 Å². The summed E-state index contributed by atoms with van der Waals surface area (Å²) in [4.78, 5) is 0. The third kappa shape index (κ3) is 0.650. The molecule has 0 spiro atoms. The number of hydrogen-bond acceptors (Lipinski definition) is 2. The molecule has 0 saturated heterocycles. The summed E-state index contributed by atoms with van der Waals surface area (Å²) in [6.45, 7) is 1.67. The summed E-state index contributed by atoms with van der Waals surface area (Å²) in [7, 11) is 0. The monoisotopic (exact) mass is 113 g/mol. The Morgan fingerprint density at radius 3 is 2.12 bits per heavy atom. The highest BCUT2D eigenvalue weighted by atomic mass is 16.3. The van der Waals surface area contributed by atoms with Crippen LogP contribution in [-0.4, -0.2) is 16.4 Å². The van der Waals surface area contributed by atoms with Crippen molar-refractivity contribution in [1.29, 1.82) is 5.41 Å². The second kappa shape index (κ2) is 1.55. The molecule has 0 bridgehead atoms. The van der Waals surface area contributed by atoms with E-state index < -0.39 is 5.60 Å². The molecule has 0 aromatic rings. The molecule has 1 aliphatic rings. The van der Waals surface area contributed by atoms with Crippen LogP contribution in [0.2, 0.25) is 0 Å². The lowest BCUT2D eigenvalue weighted by Gasteiger charge is -2.35. The van der Waals surface area contributed by atoms with E-state index in [1.165, 1.54) is 0 Å². The lowest BCUT2D eigenvalue weighted by molar-refractivity contribution is 0.0328. The second-order valence-electron chi connectivity index (χ2n) is 2.51. The first-order valence-corrected chi connectivity index (χ1v) is 2.93. The minimum Gasteiger partial charge on any atom is -0.384 e. The Balaban J connectivity index is 2.53. The fourth-order valence-electron chi connectivity index (χ4n) is 0.887. The largest absolute Gasteiger partial charge is 0.384 e. The van der Waals surface area contributed by atoms with Gasteiger partial charge in [-0.1, -0.05) is 0 Å². The van der Waals surface area contributed by atoms with Crippen molar-refractivity contribution in [2.45, 2.75) is 31.8 Å². The average Bonchev–Trinajstić information content (AvgIpc) is 1.60. The highest BCUT2D eigenvalue weighted by Crippen LogP contribution is 2.31. The van der Waals surface area contributed by atoms with E-state index >= 15 is 0 Å². The van der Waals surface area contributed by atoms with Crippen LogP contribution in [-0.2, 0) is 0 Å². The van der Waals surface area contributed by atoms with Gasteiger partial charge in [0, 0.05) is 5.71 Å². The molecule has 2 nitrogen and oxygen atoms in total. The molecule has 0 unspecified atom stereocenters. The van der Waals surface area contributed by atoms with Crippen LogP contribution in [0, 0.1) is 5.41 Å². The summed E-state index contributed by atoms with van der Waals surface area (Å²) in [6.07, 6.45) is 2.66. The molecule has 1 rings (SSSR count). The molecule has 8 heavy (non-hydrogen) atoms. The van der Waals surface area contributed by atoms with Gasteiger partial charge in [0.25, 0.3) is 0 Å². The zero-order valence-electron chi connectivity index (χ0n) is 5.07. The van der Waals surface area contributed by atoms with Crippen LogP contribution in [0.5, 0.6) is 0 Å². The van der Waals surface area contributed by atoms with Gasteiger partial charge in [-0.3, -0.25) is 0 Å². The van der Waals surface area contributed by atoms with Crippen molar-refractivity contribution in [3.8, 4) is 0 Å². The van der Waals surface area contributed by atoms with Crippen molar-refractivity contribution in [2.75, 3.05) is 0 Å². The molecule has 0 amide bonds. The zero-order valence-corrected chi connectivity index (χ0v) is 5.07. The summed E-state index contributed by atoms with van der Waals surface area (Å²) in [5.41, 5.74) is -0.274. The lowest BCUT2D eigenvalue weighted by atomic mass is 9.77. The van der Waals surface area contributed by atoms with Gasteiger partial charge in [0.2, 0.25) is 0 Å². The molecule has 0 aliphatic heterocycles. The van der Waals surface area contributed by atoms with E-state index in [9.17, 15) is 5.11 Å². The van der Waals surface area contributed by atoms with Crippen LogP contribution in [0.1, 0.15) is 26.2 Å². The third-order valence-electron chi connectivity index (χ3n) is 1.88. The van der Waals surface area contributed by atoms with Gasteiger partial charge in [-0.05, 0) is 26.2 Å². The molecule has 0 aromatic carbocycles. The standard InChI is InChI=1S/C6H11NO/c1-5(7)6(8)3-2-4-6/h7-8H,2-4H2,1H3. The molecule has 2 N–H and O–H groups in total. The molecule has 1 fully saturated rings. The molecule has 2 heteroatoms. The topological polar surface area (TPSA) is 44.1 Å². The second-order valence-corrected chi connectivity index (χ2v) is 2.51. The summed E-state index contributed by atoms with van der Waals surface area (Å²) in [5.74, 6) is 0. The van der Waals surface area contributed by atoms with Crippen molar-refractivity contribution < 1.29 is 5.11 Å². The molecule has 0 radical (unpaired) electrons. The summed E-state index contributed by atoms with van der Waals surface area (Å²) in [5, 5.41) is 16.4. The fourth-order valence-corrected chi connectivity index (χ4v) is 0.887. The number of hydrogen-bond donors (Lipinski definition) is 2. The first-order valence-electron chi connectivity index (χ1n) is 2.93. The Labute approximate surface area is 49.0 Å². The van der Waals surface area contributed by atoms with E-state index in [0.29, 0.717) is 5.71 Å². The van der Waals surface area contributed by atoms with Crippen molar-refractivity contribution in [2.24, 2.45) is 0 Å². The third-order valence-corrected chi connectivity index (χ3v) is 1.88. The first-order chi connectivity index (χ1) is 3.65. The quantitative estimate of drug-likeness (QED) is 0.488. The number of nitrogens with one attached hydrogen (secondary N) is 1. The van der Waals surface area contributed by atoms with Gasteiger partial charge in [-0.25, -0.2) is 0 Å². The van der Waals surface area contributed by atoms with Crippen molar-refractivity contribution in [3.05, 3.63) is 0 Å². The van der Waals surface area contributed by atoms with E-state index in [1.807, 2.05) is 0 Å². The summed E-state index contributed by atoms with van der Waals surface area (Å²) < 4.78 is 0. The Morgan fingerprint density at radius 2 is 2.12 bits per heavy atom. The van der Waals surface area contributed by atoms with Gasteiger partial charge in [-0.15, -0.1) is 0 Å². The van der Waals surface area contributed by atoms with Crippen LogP contribution in [0.25, 0.3) is 0 Å². The predicted molar refractivity (Wildman–Crippen MR) is 32.2 cm³/mol. The molecular formula is C6H11NO. The molecule has 0 aromatic heterocycles. The molecular weight excluding hydrogens is 102 g/mol. The van der Waals surface area contributed by atoms with Crippen molar-refractivity contribution in [1.82, 2.24) is 0 Å². The molecule has 0 heterocycles. The summed E-state index contributed by atoms with van der Waals surface area (Å²) >= 11 is 0. The molecule has 46 valence electrons. The summed E-state index contributed by atoms with van der Waals surface area (Å²) in [6, 6.07) is 0. The van der Waals surface area contributed by atoms with Crippen LogP contribution in [0.4, 0.5) is 0 Å².